The van der Waals surface area contributed by atoms with Crippen molar-refractivity contribution >= 4 is 12.0 Å². The minimum Gasteiger partial charge on any atom is -0.464 e. The Labute approximate surface area is 192 Å². The first kappa shape index (κ1) is 24.5. The van der Waals surface area contributed by atoms with Crippen LogP contribution in [-0.4, -0.2) is 60.8 Å². The molecule has 178 valence electrons. The van der Waals surface area contributed by atoms with E-state index >= 15 is 0 Å². The Bertz CT molecular complexity index is 734. The molecule has 1 atom stereocenters. The van der Waals surface area contributed by atoms with Crippen LogP contribution in [0.3, 0.4) is 0 Å². The number of nitrogens with one attached hydrogen (secondary N) is 1. The zero-order chi connectivity index (χ0) is 22.6. The van der Waals surface area contributed by atoms with E-state index in [0.717, 1.165) is 44.9 Å². The first-order valence-electron chi connectivity index (χ1n) is 12.4. The standard InChI is InChI=1S/C25H39N3O4/c1-2-32-24(29)23(27-25(30)28-16-18-31-19-17-28)13-7-5-3-4-6-11-21-15-14-20-10-8-9-12-22(20)26-21/h14-15,23H,2-13,16-19H2,1H3,(H,27,30)/t23-/m0/s1. The van der Waals surface area contributed by atoms with Gasteiger partial charge in [-0.25, -0.2) is 9.59 Å². The first-order valence-corrected chi connectivity index (χ1v) is 12.4. The van der Waals surface area contributed by atoms with Crippen molar-refractivity contribution in [2.24, 2.45) is 0 Å². The van der Waals surface area contributed by atoms with Gasteiger partial charge in [0.25, 0.3) is 0 Å². The molecule has 32 heavy (non-hydrogen) atoms. The summed E-state index contributed by atoms with van der Waals surface area (Å²) in [7, 11) is 0. The average molecular weight is 446 g/mol. The Morgan fingerprint density at radius 1 is 1.09 bits per heavy atom. The molecule has 3 rings (SSSR count). The van der Waals surface area contributed by atoms with Crippen molar-refractivity contribution < 1.29 is 19.1 Å². The maximum atomic E-state index is 12.5. The van der Waals surface area contributed by atoms with Gasteiger partial charge in [-0.05, 0) is 63.5 Å². The molecule has 2 aliphatic rings. The number of nitrogens with zero attached hydrogens (tertiary/aromatic N) is 2. The highest BCUT2D eigenvalue weighted by molar-refractivity contribution is 5.83. The van der Waals surface area contributed by atoms with Crippen LogP contribution in [0.4, 0.5) is 4.79 Å². The molecule has 1 aliphatic heterocycles. The molecule has 0 aromatic carbocycles. The number of unbranched alkanes of at least 4 members (excludes halogenated alkanes) is 4. The largest absolute Gasteiger partial charge is 0.464 e. The number of urea groups is 1. The van der Waals surface area contributed by atoms with E-state index in [4.69, 9.17) is 14.5 Å². The summed E-state index contributed by atoms with van der Waals surface area (Å²) in [4.78, 5) is 31.3. The van der Waals surface area contributed by atoms with E-state index in [1.165, 1.54) is 36.2 Å². The van der Waals surface area contributed by atoms with Crippen LogP contribution >= 0.6 is 0 Å². The topological polar surface area (TPSA) is 80.8 Å². The molecular formula is C25H39N3O4. The lowest BCUT2D eigenvalue weighted by atomic mass is 9.95. The van der Waals surface area contributed by atoms with E-state index in [0.29, 0.717) is 39.3 Å². The van der Waals surface area contributed by atoms with Crippen LogP contribution in [0.15, 0.2) is 12.1 Å². The van der Waals surface area contributed by atoms with Gasteiger partial charge in [0.2, 0.25) is 0 Å². The minimum atomic E-state index is -0.579. The molecule has 1 saturated heterocycles. The number of carbonyl (C=O) groups excluding carboxylic acids is 2. The van der Waals surface area contributed by atoms with E-state index in [1.807, 2.05) is 0 Å². The van der Waals surface area contributed by atoms with Crippen LogP contribution < -0.4 is 5.32 Å². The second kappa shape index (κ2) is 13.4. The molecule has 1 aromatic rings. The van der Waals surface area contributed by atoms with Gasteiger partial charge >= 0.3 is 12.0 Å². The predicted molar refractivity (Wildman–Crippen MR) is 124 cm³/mol. The summed E-state index contributed by atoms with van der Waals surface area (Å²) in [5.41, 5.74) is 3.98. The van der Waals surface area contributed by atoms with E-state index in [2.05, 4.69) is 17.4 Å². The molecular weight excluding hydrogens is 406 g/mol. The summed E-state index contributed by atoms with van der Waals surface area (Å²) in [6.45, 7) is 4.30. The summed E-state index contributed by atoms with van der Waals surface area (Å²) in [6.07, 6.45) is 11.9. The molecule has 7 heteroatoms. The number of carbonyl (C=O) groups is 2. The number of pyridine rings is 1. The van der Waals surface area contributed by atoms with Gasteiger partial charge in [0.05, 0.1) is 19.8 Å². The number of fused-ring (bicyclic) bond motifs is 1. The number of rotatable bonds is 11. The molecule has 7 nitrogen and oxygen atoms in total. The van der Waals surface area contributed by atoms with Crippen molar-refractivity contribution in [2.45, 2.75) is 83.6 Å². The van der Waals surface area contributed by atoms with Gasteiger partial charge in [0, 0.05) is 24.5 Å². The fourth-order valence-corrected chi connectivity index (χ4v) is 4.45. The van der Waals surface area contributed by atoms with Crippen LogP contribution in [0.1, 0.15) is 75.2 Å². The van der Waals surface area contributed by atoms with Crippen LogP contribution in [-0.2, 0) is 33.5 Å². The maximum absolute atomic E-state index is 12.5. The van der Waals surface area contributed by atoms with Crippen molar-refractivity contribution in [1.29, 1.82) is 0 Å². The third kappa shape index (κ3) is 7.76. The number of amides is 2. The van der Waals surface area contributed by atoms with Gasteiger partial charge in [0.15, 0.2) is 0 Å². The molecule has 0 saturated carbocycles. The highest BCUT2D eigenvalue weighted by atomic mass is 16.5. The molecule has 0 unspecified atom stereocenters. The van der Waals surface area contributed by atoms with Crippen LogP contribution in [0.2, 0.25) is 0 Å². The fourth-order valence-electron chi connectivity index (χ4n) is 4.45. The van der Waals surface area contributed by atoms with Gasteiger partial charge < -0.3 is 19.7 Å². The van der Waals surface area contributed by atoms with Crippen LogP contribution in [0, 0.1) is 0 Å². The summed E-state index contributed by atoms with van der Waals surface area (Å²) >= 11 is 0. The molecule has 1 fully saturated rings. The summed E-state index contributed by atoms with van der Waals surface area (Å²) in [5, 5.41) is 2.87. The Morgan fingerprint density at radius 3 is 2.66 bits per heavy atom. The Kier molecular flexibility index (Phi) is 10.3. The summed E-state index contributed by atoms with van der Waals surface area (Å²) in [5.74, 6) is -0.340. The molecule has 0 radical (unpaired) electrons. The molecule has 1 aromatic heterocycles. The molecule has 0 bridgehead atoms. The first-order chi connectivity index (χ1) is 15.7. The van der Waals surface area contributed by atoms with Crippen molar-refractivity contribution in [1.82, 2.24) is 15.2 Å². The molecule has 0 spiro atoms. The maximum Gasteiger partial charge on any atom is 0.328 e. The number of ether oxygens (including phenoxy) is 2. The number of aryl methyl sites for hydroxylation is 3. The second-order valence-electron chi connectivity index (χ2n) is 8.78. The van der Waals surface area contributed by atoms with Crippen molar-refractivity contribution in [2.75, 3.05) is 32.9 Å². The van der Waals surface area contributed by atoms with E-state index in [-0.39, 0.29) is 12.0 Å². The Hall–Kier alpha value is -2.15. The monoisotopic (exact) mass is 445 g/mol. The van der Waals surface area contributed by atoms with Gasteiger partial charge in [-0.15, -0.1) is 0 Å². The summed E-state index contributed by atoms with van der Waals surface area (Å²) in [6, 6.07) is 3.69. The highest BCUT2D eigenvalue weighted by Gasteiger charge is 2.25. The molecule has 2 heterocycles. The van der Waals surface area contributed by atoms with E-state index in [1.54, 1.807) is 11.8 Å². The van der Waals surface area contributed by atoms with Gasteiger partial charge in [0.1, 0.15) is 6.04 Å². The lowest BCUT2D eigenvalue weighted by Crippen LogP contribution is -2.51. The minimum absolute atomic E-state index is 0.205. The summed E-state index contributed by atoms with van der Waals surface area (Å²) < 4.78 is 10.5. The second-order valence-corrected chi connectivity index (χ2v) is 8.78. The third-order valence-corrected chi connectivity index (χ3v) is 6.33. The van der Waals surface area contributed by atoms with E-state index in [9.17, 15) is 9.59 Å². The zero-order valence-electron chi connectivity index (χ0n) is 19.6. The van der Waals surface area contributed by atoms with Crippen molar-refractivity contribution in [3.8, 4) is 0 Å². The van der Waals surface area contributed by atoms with Gasteiger partial charge in [-0.1, -0.05) is 31.7 Å². The predicted octanol–water partition coefficient (Wildman–Crippen LogP) is 3.82. The SMILES string of the molecule is CCOC(=O)[C@H](CCCCCCCc1ccc2c(n1)CCCC2)NC(=O)N1CCOCC1. The fraction of sp³-hybridized carbons (Fsp3) is 0.720. The van der Waals surface area contributed by atoms with E-state index < -0.39 is 6.04 Å². The smallest absolute Gasteiger partial charge is 0.328 e. The number of hydrogen-bond acceptors (Lipinski definition) is 5. The normalized spacial score (nSPS) is 16.8. The van der Waals surface area contributed by atoms with Crippen LogP contribution in [0.5, 0.6) is 0 Å². The number of hydrogen-bond donors (Lipinski definition) is 1. The average Bonchev–Trinajstić information content (AvgIpc) is 2.83. The quantitative estimate of drug-likeness (QED) is 0.414. The number of morpholine rings is 1. The highest BCUT2D eigenvalue weighted by Crippen LogP contribution is 2.20. The van der Waals surface area contributed by atoms with Gasteiger partial charge in [-0.2, -0.15) is 0 Å². The Balaban J connectivity index is 1.33. The molecule has 1 N–H and O–H groups in total. The van der Waals surface area contributed by atoms with Crippen molar-refractivity contribution in [3.63, 3.8) is 0 Å². The number of aromatic nitrogens is 1. The number of esters is 1. The molecule has 2 amide bonds. The lowest BCUT2D eigenvalue weighted by molar-refractivity contribution is -0.145. The lowest BCUT2D eigenvalue weighted by Gasteiger charge is -2.28. The van der Waals surface area contributed by atoms with Gasteiger partial charge in [-0.3, -0.25) is 4.98 Å². The molecule has 1 aliphatic carbocycles. The third-order valence-electron chi connectivity index (χ3n) is 6.33. The van der Waals surface area contributed by atoms with Crippen molar-refractivity contribution in [3.05, 3.63) is 29.1 Å². The Morgan fingerprint density at radius 2 is 1.84 bits per heavy atom. The van der Waals surface area contributed by atoms with Crippen LogP contribution in [0.25, 0.3) is 0 Å². The zero-order valence-corrected chi connectivity index (χ0v) is 19.6.